The highest BCUT2D eigenvalue weighted by molar-refractivity contribution is 5.94. The van der Waals surface area contributed by atoms with Gasteiger partial charge in [-0.15, -0.1) is 0 Å². The first kappa shape index (κ1) is 12.8. The minimum atomic E-state index is 0.0479. The predicted octanol–water partition coefficient (Wildman–Crippen LogP) is 0.830. The molecule has 1 amide bonds. The molecule has 18 heavy (non-hydrogen) atoms. The van der Waals surface area contributed by atoms with Crippen molar-refractivity contribution in [1.29, 1.82) is 0 Å². The summed E-state index contributed by atoms with van der Waals surface area (Å²) in [6.07, 6.45) is 1.58. The highest BCUT2D eigenvalue weighted by Crippen LogP contribution is 2.13. The van der Waals surface area contributed by atoms with Gasteiger partial charge in [0.25, 0.3) is 5.91 Å². The van der Waals surface area contributed by atoms with Crippen LogP contribution in [0.4, 0.5) is 5.82 Å². The average molecular weight is 248 g/mol. The maximum atomic E-state index is 12.3. The van der Waals surface area contributed by atoms with E-state index in [1.807, 2.05) is 4.90 Å². The molecule has 1 aliphatic heterocycles. The number of hydrogen-bond donors (Lipinski definition) is 1. The Kier molecular flexibility index (Phi) is 3.81. The van der Waals surface area contributed by atoms with Crippen molar-refractivity contribution in [2.24, 2.45) is 0 Å². The second-order valence-electron chi connectivity index (χ2n) is 4.70. The Morgan fingerprint density at radius 3 is 2.94 bits per heavy atom. The fraction of sp³-hybridized carbons (Fsp3) is 0.538. The van der Waals surface area contributed by atoms with Gasteiger partial charge < -0.3 is 10.6 Å². The van der Waals surface area contributed by atoms with Crippen LogP contribution >= 0.6 is 0 Å². The number of nitrogens with zero attached hydrogens (tertiary/aromatic N) is 3. The molecular weight excluding hydrogens is 228 g/mol. The normalized spacial score (nSPS) is 21.0. The topological polar surface area (TPSA) is 62.5 Å². The van der Waals surface area contributed by atoms with Crippen molar-refractivity contribution in [2.45, 2.75) is 19.9 Å². The smallest absolute Gasteiger partial charge is 0.254 e. The van der Waals surface area contributed by atoms with Gasteiger partial charge in [-0.05, 0) is 25.6 Å². The van der Waals surface area contributed by atoms with Gasteiger partial charge >= 0.3 is 0 Å². The summed E-state index contributed by atoms with van der Waals surface area (Å²) in [4.78, 5) is 20.5. The van der Waals surface area contributed by atoms with Crippen molar-refractivity contribution < 1.29 is 4.79 Å². The number of piperazine rings is 1. The maximum absolute atomic E-state index is 12.3. The lowest BCUT2D eigenvalue weighted by atomic mass is 10.1. The van der Waals surface area contributed by atoms with Crippen molar-refractivity contribution >= 4 is 11.7 Å². The van der Waals surface area contributed by atoms with Gasteiger partial charge in [-0.1, -0.05) is 6.92 Å². The van der Waals surface area contributed by atoms with Gasteiger partial charge in [0.05, 0.1) is 0 Å². The van der Waals surface area contributed by atoms with Crippen LogP contribution in [-0.4, -0.2) is 52.9 Å². The summed E-state index contributed by atoms with van der Waals surface area (Å²) in [6, 6.07) is 3.77. The number of amides is 1. The summed E-state index contributed by atoms with van der Waals surface area (Å²) in [5.41, 5.74) is 6.23. The summed E-state index contributed by atoms with van der Waals surface area (Å²) < 4.78 is 0. The predicted molar refractivity (Wildman–Crippen MR) is 71.3 cm³/mol. The van der Waals surface area contributed by atoms with E-state index in [1.54, 1.807) is 18.3 Å². The third-order valence-corrected chi connectivity index (χ3v) is 3.49. The van der Waals surface area contributed by atoms with E-state index in [0.717, 1.165) is 26.2 Å². The number of aromatic nitrogens is 1. The standard InChI is InChI=1S/C13H20N4O/c1-3-16-6-7-17(9-10(16)2)13(18)11-4-5-15-12(14)8-11/h4-5,8,10H,3,6-7,9H2,1-2H3,(H2,14,15). The van der Waals surface area contributed by atoms with Crippen molar-refractivity contribution in [2.75, 3.05) is 31.9 Å². The molecule has 1 aromatic heterocycles. The van der Waals surface area contributed by atoms with Gasteiger partial charge in [-0.2, -0.15) is 0 Å². The molecule has 1 unspecified atom stereocenters. The third kappa shape index (κ3) is 2.61. The second-order valence-corrected chi connectivity index (χ2v) is 4.70. The molecule has 0 spiro atoms. The van der Waals surface area contributed by atoms with Crippen molar-refractivity contribution in [3.05, 3.63) is 23.9 Å². The maximum Gasteiger partial charge on any atom is 0.254 e. The Morgan fingerprint density at radius 2 is 2.33 bits per heavy atom. The number of hydrogen-bond acceptors (Lipinski definition) is 4. The molecule has 5 nitrogen and oxygen atoms in total. The lowest BCUT2D eigenvalue weighted by molar-refractivity contribution is 0.0528. The highest BCUT2D eigenvalue weighted by atomic mass is 16.2. The SMILES string of the molecule is CCN1CCN(C(=O)c2ccnc(N)c2)CC1C. The summed E-state index contributed by atoms with van der Waals surface area (Å²) in [5.74, 6) is 0.438. The monoisotopic (exact) mass is 248 g/mol. The second kappa shape index (κ2) is 5.35. The molecule has 2 N–H and O–H groups in total. The number of pyridine rings is 1. The molecule has 5 heteroatoms. The number of carbonyl (C=O) groups excluding carboxylic acids is 1. The highest BCUT2D eigenvalue weighted by Gasteiger charge is 2.26. The molecule has 0 aliphatic carbocycles. The summed E-state index contributed by atoms with van der Waals surface area (Å²) in [6.45, 7) is 7.82. The minimum absolute atomic E-state index is 0.0479. The molecule has 98 valence electrons. The molecule has 0 aromatic carbocycles. The first-order chi connectivity index (χ1) is 8.61. The van der Waals surface area contributed by atoms with E-state index in [4.69, 9.17) is 5.73 Å². The largest absolute Gasteiger partial charge is 0.384 e. The third-order valence-electron chi connectivity index (χ3n) is 3.49. The summed E-state index contributed by atoms with van der Waals surface area (Å²) in [7, 11) is 0. The Balaban J connectivity index is 2.07. The quantitative estimate of drug-likeness (QED) is 0.842. The lowest BCUT2D eigenvalue weighted by Crippen LogP contribution is -2.53. The zero-order valence-corrected chi connectivity index (χ0v) is 11.0. The molecule has 0 bridgehead atoms. The molecule has 1 aliphatic rings. The van der Waals surface area contributed by atoms with Crippen LogP contribution in [0.15, 0.2) is 18.3 Å². The van der Waals surface area contributed by atoms with Gasteiger partial charge in [0.1, 0.15) is 5.82 Å². The Bertz CT molecular complexity index is 435. The number of nitrogens with two attached hydrogens (primary N) is 1. The fourth-order valence-corrected chi connectivity index (χ4v) is 2.41. The van der Waals surface area contributed by atoms with Crippen LogP contribution in [0, 0.1) is 0 Å². The zero-order chi connectivity index (χ0) is 13.1. The molecule has 1 fully saturated rings. The van der Waals surface area contributed by atoms with E-state index in [2.05, 4.69) is 23.7 Å². The number of carbonyl (C=O) groups is 1. The molecular formula is C13H20N4O. The van der Waals surface area contributed by atoms with E-state index in [-0.39, 0.29) is 5.91 Å². The summed E-state index contributed by atoms with van der Waals surface area (Å²) in [5, 5.41) is 0. The van der Waals surface area contributed by atoms with Crippen LogP contribution in [0.5, 0.6) is 0 Å². The van der Waals surface area contributed by atoms with Crippen molar-refractivity contribution in [1.82, 2.24) is 14.8 Å². The zero-order valence-electron chi connectivity index (χ0n) is 11.0. The lowest BCUT2D eigenvalue weighted by Gasteiger charge is -2.39. The van der Waals surface area contributed by atoms with Crippen LogP contribution in [-0.2, 0) is 0 Å². The van der Waals surface area contributed by atoms with Gasteiger partial charge in [0.2, 0.25) is 0 Å². The minimum Gasteiger partial charge on any atom is -0.384 e. The van der Waals surface area contributed by atoms with E-state index in [9.17, 15) is 4.79 Å². The molecule has 2 rings (SSSR count). The molecule has 2 heterocycles. The van der Waals surface area contributed by atoms with Gasteiger partial charge in [-0.25, -0.2) is 4.98 Å². The van der Waals surface area contributed by atoms with Crippen LogP contribution in [0.1, 0.15) is 24.2 Å². The van der Waals surface area contributed by atoms with Crippen molar-refractivity contribution in [3.8, 4) is 0 Å². The van der Waals surface area contributed by atoms with Crippen LogP contribution in [0.2, 0.25) is 0 Å². The molecule has 1 aromatic rings. The number of rotatable bonds is 2. The van der Waals surface area contributed by atoms with Crippen LogP contribution in [0.25, 0.3) is 0 Å². The first-order valence-corrected chi connectivity index (χ1v) is 6.36. The Hall–Kier alpha value is -1.62. The Morgan fingerprint density at radius 1 is 1.56 bits per heavy atom. The van der Waals surface area contributed by atoms with E-state index in [0.29, 0.717) is 17.4 Å². The number of likely N-dealkylation sites (N-methyl/N-ethyl adjacent to an activating group) is 1. The molecule has 1 saturated heterocycles. The number of anilines is 1. The van der Waals surface area contributed by atoms with E-state index < -0.39 is 0 Å². The molecule has 0 radical (unpaired) electrons. The van der Waals surface area contributed by atoms with E-state index in [1.165, 1.54) is 0 Å². The fourth-order valence-electron chi connectivity index (χ4n) is 2.41. The Labute approximate surface area is 108 Å². The average Bonchev–Trinajstić information content (AvgIpc) is 2.37. The number of nitrogen functional groups attached to an aromatic ring is 1. The van der Waals surface area contributed by atoms with Crippen LogP contribution < -0.4 is 5.73 Å². The van der Waals surface area contributed by atoms with Gasteiger partial charge in [0, 0.05) is 37.4 Å². The molecule has 1 atom stereocenters. The summed E-state index contributed by atoms with van der Waals surface area (Å²) >= 11 is 0. The van der Waals surface area contributed by atoms with Crippen LogP contribution in [0.3, 0.4) is 0 Å². The van der Waals surface area contributed by atoms with Gasteiger partial charge in [0.15, 0.2) is 0 Å². The van der Waals surface area contributed by atoms with Gasteiger partial charge in [-0.3, -0.25) is 9.69 Å². The first-order valence-electron chi connectivity index (χ1n) is 6.36. The van der Waals surface area contributed by atoms with Crippen molar-refractivity contribution in [3.63, 3.8) is 0 Å². The molecule has 0 saturated carbocycles. The van der Waals surface area contributed by atoms with E-state index >= 15 is 0 Å².